The van der Waals surface area contributed by atoms with Crippen molar-refractivity contribution in [1.82, 2.24) is 24.7 Å². The largest absolute Gasteiger partial charge is 0.435 e. The fraction of sp³-hybridized carbons (Fsp3) is 0.200. The molecule has 0 fully saturated rings. The van der Waals surface area contributed by atoms with Gasteiger partial charge < -0.3 is 16.0 Å². The highest BCUT2D eigenvalue weighted by molar-refractivity contribution is 5.90. The van der Waals surface area contributed by atoms with Gasteiger partial charge in [0.15, 0.2) is 17.3 Å². The summed E-state index contributed by atoms with van der Waals surface area (Å²) in [5, 5.41) is 6.48. The Morgan fingerprint density at radius 3 is 2.58 bits per heavy atom. The molecule has 136 valence electrons. The fourth-order valence-corrected chi connectivity index (χ4v) is 2.38. The Morgan fingerprint density at radius 1 is 1.35 bits per heavy atom. The molecule has 11 heteroatoms. The lowest BCUT2D eigenvalue weighted by molar-refractivity contribution is -0.140. The lowest BCUT2D eigenvalue weighted by atomic mass is 10.1. The molecule has 3 aromatic heterocycles. The van der Waals surface area contributed by atoms with Gasteiger partial charge in [-0.1, -0.05) is 0 Å². The van der Waals surface area contributed by atoms with Crippen LogP contribution in [0.25, 0.3) is 17.1 Å². The van der Waals surface area contributed by atoms with E-state index in [-0.39, 0.29) is 28.6 Å². The molecule has 0 aromatic carbocycles. The predicted molar refractivity (Wildman–Crippen MR) is 86.7 cm³/mol. The number of aryl methyl sites for hydroxylation is 1. The van der Waals surface area contributed by atoms with Gasteiger partial charge in [-0.3, -0.25) is 4.79 Å². The maximum Gasteiger partial charge on any atom is 0.435 e. The number of nitrogens with two attached hydrogens (primary N) is 1. The van der Waals surface area contributed by atoms with Crippen LogP contribution in [0.15, 0.2) is 24.5 Å². The SMILES string of the molecule is CNc1ccc(-n2cc(-c3nc(C(N)=O)[nH]c3C)c(C(F)(F)F)n2)nc1. The number of anilines is 1. The Bertz CT molecular complexity index is 957. The van der Waals surface area contributed by atoms with E-state index in [1.165, 1.54) is 19.2 Å². The first kappa shape index (κ1) is 17.5. The molecule has 0 saturated carbocycles. The molecule has 3 heterocycles. The number of halogens is 3. The van der Waals surface area contributed by atoms with Crippen molar-refractivity contribution in [2.45, 2.75) is 13.1 Å². The quantitative estimate of drug-likeness (QED) is 0.655. The molecule has 0 spiro atoms. The minimum Gasteiger partial charge on any atom is -0.387 e. The molecule has 4 N–H and O–H groups in total. The summed E-state index contributed by atoms with van der Waals surface area (Å²) in [6.45, 7) is 1.49. The van der Waals surface area contributed by atoms with Gasteiger partial charge in [0.25, 0.3) is 5.91 Å². The summed E-state index contributed by atoms with van der Waals surface area (Å²) in [6.07, 6.45) is -2.09. The van der Waals surface area contributed by atoms with Crippen LogP contribution in [0, 0.1) is 6.92 Å². The van der Waals surface area contributed by atoms with Crippen LogP contribution in [0.4, 0.5) is 18.9 Å². The van der Waals surface area contributed by atoms with Gasteiger partial charge in [-0.2, -0.15) is 18.3 Å². The van der Waals surface area contributed by atoms with E-state index in [1.807, 2.05) is 0 Å². The molecule has 26 heavy (non-hydrogen) atoms. The number of hydrogen-bond acceptors (Lipinski definition) is 5. The summed E-state index contributed by atoms with van der Waals surface area (Å²) in [5.74, 6) is -0.899. The minimum atomic E-state index is -4.72. The zero-order valence-electron chi connectivity index (χ0n) is 13.7. The van der Waals surface area contributed by atoms with Gasteiger partial charge in [-0.15, -0.1) is 0 Å². The molecule has 0 aliphatic heterocycles. The smallest absolute Gasteiger partial charge is 0.387 e. The van der Waals surface area contributed by atoms with E-state index >= 15 is 0 Å². The summed E-state index contributed by atoms with van der Waals surface area (Å²) >= 11 is 0. The number of carbonyl (C=O) groups excluding carboxylic acids is 1. The molecule has 0 bridgehead atoms. The Kier molecular flexibility index (Phi) is 4.14. The molecule has 3 aromatic rings. The molecule has 0 atom stereocenters. The number of carbonyl (C=O) groups is 1. The van der Waals surface area contributed by atoms with Crippen LogP contribution in [-0.2, 0) is 6.18 Å². The molecule has 0 radical (unpaired) electrons. The molecular weight excluding hydrogens is 351 g/mol. The third-order valence-corrected chi connectivity index (χ3v) is 3.63. The second-order valence-corrected chi connectivity index (χ2v) is 5.41. The number of H-pyrrole nitrogens is 1. The maximum absolute atomic E-state index is 13.4. The first-order valence-corrected chi connectivity index (χ1v) is 7.38. The number of amides is 1. The number of imidazole rings is 1. The molecule has 3 rings (SSSR count). The van der Waals surface area contributed by atoms with E-state index in [9.17, 15) is 18.0 Å². The normalized spacial score (nSPS) is 11.6. The van der Waals surface area contributed by atoms with E-state index < -0.39 is 17.8 Å². The van der Waals surface area contributed by atoms with Crippen LogP contribution in [0.3, 0.4) is 0 Å². The number of aromatic nitrogens is 5. The van der Waals surface area contributed by atoms with Crippen LogP contribution < -0.4 is 11.1 Å². The number of primary amides is 1. The molecule has 8 nitrogen and oxygen atoms in total. The maximum atomic E-state index is 13.4. The van der Waals surface area contributed by atoms with Gasteiger partial charge in [-0.25, -0.2) is 14.6 Å². The van der Waals surface area contributed by atoms with Crippen molar-refractivity contribution >= 4 is 11.6 Å². The predicted octanol–water partition coefficient (Wildman–Crippen LogP) is 2.13. The van der Waals surface area contributed by atoms with Crippen molar-refractivity contribution in [1.29, 1.82) is 0 Å². The number of nitrogens with zero attached hydrogens (tertiary/aromatic N) is 4. The van der Waals surface area contributed by atoms with E-state index in [0.717, 1.165) is 10.9 Å². The molecule has 0 aliphatic carbocycles. The van der Waals surface area contributed by atoms with Gasteiger partial charge in [0.1, 0.15) is 0 Å². The van der Waals surface area contributed by atoms with E-state index in [1.54, 1.807) is 13.1 Å². The molecule has 0 saturated heterocycles. The van der Waals surface area contributed by atoms with Crippen LogP contribution in [-0.4, -0.2) is 37.7 Å². The van der Waals surface area contributed by atoms with Crippen LogP contribution in [0.1, 0.15) is 22.0 Å². The standard InChI is InChI=1S/C15H14F3N7O/c1-7-11(23-14(22-7)13(19)26)9-6-25(24-12(9)15(16,17)18)10-4-3-8(20-2)5-21-10/h3-6,20H,1-2H3,(H2,19,26)(H,22,23). The van der Waals surface area contributed by atoms with Crippen molar-refractivity contribution in [3.05, 3.63) is 41.7 Å². The average molecular weight is 365 g/mol. The van der Waals surface area contributed by atoms with Crippen LogP contribution in [0.5, 0.6) is 0 Å². The number of alkyl halides is 3. The fourth-order valence-electron chi connectivity index (χ4n) is 2.38. The third-order valence-electron chi connectivity index (χ3n) is 3.63. The molecular formula is C15H14F3N7O. The Hall–Kier alpha value is -3.37. The number of nitrogens with one attached hydrogen (secondary N) is 2. The highest BCUT2D eigenvalue weighted by Crippen LogP contribution is 2.37. The van der Waals surface area contributed by atoms with Crippen LogP contribution in [0.2, 0.25) is 0 Å². The number of aromatic amines is 1. The summed E-state index contributed by atoms with van der Waals surface area (Å²) in [4.78, 5) is 21.8. The highest BCUT2D eigenvalue weighted by Gasteiger charge is 2.39. The zero-order valence-corrected chi connectivity index (χ0v) is 13.7. The lowest BCUT2D eigenvalue weighted by Crippen LogP contribution is -2.12. The second kappa shape index (κ2) is 6.17. The van der Waals surface area contributed by atoms with Gasteiger partial charge in [-0.05, 0) is 19.1 Å². The monoisotopic (exact) mass is 365 g/mol. The Labute approximate surface area is 145 Å². The summed E-state index contributed by atoms with van der Waals surface area (Å²) < 4.78 is 41.3. The second-order valence-electron chi connectivity index (χ2n) is 5.41. The van der Waals surface area contributed by atoms with Crippen molar-refractivity contribution in [3.63, 3.8) is 0 Å². The number of pyridine rings is 1. The van der Waals surface area contributed by atoms with Gasteiger partial charge >= 0.3 is 6.18 Å². The minimum absolute atomic E-state index is 0.0516. The first-order valence-electron chi connectivity index (χ1n) is 7.38. The summed E-state index contributed by atoms with van der Waals surface area (Å²) in [6, 6.07) is 3.18. The Balaban J connectivity index is 2.15. The third kappa shape index (κ3) is 3.10. The van der Waals surface area contributed by atoms with E-state index in [0.29, 0.717) is 5.69 Å². The highest BCUT2D eigenvalue weighted by atomic mass is 19.4. The van der Waals surface area contributed by atoms with Crippen molar-refractivity contribution < 1.29 is 18.0 Å². The summed E-state index contributed by atoms with van der Waals surface area (Å²) in [7, 11) is 1.70. The summed E-state index contributed by atoms with van der Waals surface area (Å²) in [5.41, 5.74) is 4.63. The van der Waals surface area contributed by atoms with Crippen molar-refractivity contribution in [3.8, 4) is 17.1 Å². The van der Waals surface area contributed by atoms with E-state index in [4.69, 9.17) is 5.73 Å². The van der Waals surface area contributed by atoms with E-state index in [2.05, 4.69) is 25.4 Å². The molecule has 0 unspecified atom stereocenters. The lowest BCUT2D eigenvalue weighted by Gasteiger charge is -2.04. The number of rotatable bonds is 4. The molecule has 1 amide bonds. The van der Waals surface area contributed by atoms with Crippen molar-refractivity contribution in [2.24, 2.45) is 5.73 Å². The average Bonchev–Trinajstić information content (AvgIpc) is 3.18. The van der Waals surface area contributed by atoms with Crippen molar-refractivity contribution in [2.75, 3.05) is 12.4 Å². The Morgan fingerprint density at radius 2 is 2.08 bits per heavy atom. The van der Waals surface area contributed by atoms with Gasteiger partial charge in [0, 0.05) is 18.9 Å². The number of hydrogen-bond donors (Lipinski definition) is 3. The van der Waals surface area contributed by atoms with Gasteiger partial charge in [0.05, 0.1) is 23.1 Å². The first-order chi connectivity index (χ1) is 12.2. The topological polar surface area (TPSA) is 115 Å². The van der Waals surface area contributed by atoms with Crippen LogP contribution >= 0.6 is 0 Å². The van der Waals surface area contributed by atoms with Gasteiger partial charge in [0.2, 0.25) is 0 Å². The zero-order chi connectivity index (χ0) is 19.1. The molecule has 0 aliphatic rings.